The van der Waals surface area contributed by atoms with Crippen molar-refractivity contribution in [2.75, 3.05) is 5.32 Å². The third-order valence-electron chi connectivity index (χ3n) is 4.31. The summed E-state index contributed by atoms with van der Waals surface area (Å²) in [7, 11) is 0. The molecule has 0 saturated carbocycles. The molecule has 2 N–H and O–H groups in total. The normalized spacial score (nSPS) is 11.0. The molecule has 130 valence electrons. The largest absolute Gasteiger partial charge is 0.508 e. The Balaban J connectivity index is 1.91. The molecule has 0 unspecified atom stereocenters. The highest BCUT2D eigenvalue weighted by molar-refractivity contribution is 7.19. The Bertz CT molecular complexity index is 1080. The molecule has 0 aliphatic carbocycles. The first-order valence-corrected chi connectivity index (χ1v) is 9.24. The lowest BCUT2D eigenvalue weighted by Crippen LogP contribution is -1.98. The second-order valence-electron chi connectivity index (χ2n) is 6.37. The average Bonchev–Trinajstić information content (AvgIpc) is 2.93. The maximum absolute atomic E-state index is 9.51. The van der Waals surface area contributed by atoms with E-state index in [-0.39, 0.29) is 5.75 Å². The van der Waals surface area contributed by atoms with Crippen molar-refractivity contribution in [1.82, 2.24) is 9.97 Å². The van der Waals surface area contributed by atoms with Crippen LogP contribution in [0, 0.1) is 20.8 Å². The highest BCUT2D eigenvalue weighted by Crippen LogP contribution is 2.41. The number of anilines is 2. The summed E-state index contributed by atoms with van der Waals surface area (Å²) in [6.45, 7) is 6.12. The van der Waals surface area contributed by atoms with Crippen LogP contribution in [0.1, 0.15) is 16.3 Å². The Labute approximate surface area is 156 Å². The van der Waals surface area contributed by atoms with Crippen LogP contribution in [0.15, 0.2) is 48.5 Å². The van der Waals surface area contributed by atoms with Crippen LogP contribution in [-0.4, -0.2) is 15.1 Å². The standard InChI is InChI=1S/C21H19N3OS/c1-12-4-6-15(7-5-12)18-13(2)26-21-19(18)20(22-14(3)23-21)24-16-8-10-17(25)11-9-16/h4-11,25H,1-3H3,(H,22,23,24). The van der Waals surface area contributed by atoms with Gasteiger partial charge in [0.15, 0.2) is 0 Å². The molecule has 26 heavy (non-hydrogen) atoms. The highest BCUT2D eigenvalue weighted by Gasteiger charge is 2.18. The first kappa shape index (κ1) is 16.5. The molecule has 0 aliphatic rings. The van der Waals surface area contributed by atoms with Gasteiger partial charge in [-0.15, -0.1) is 11.3 Å². The van der Waals surface area contributed by atoms with E-state index >= 15 is 0 Å². The number of phenols is 1. The van der Waals surface area contributed by atoms with Crippen LogP contribution in [0.4, 0.5) is 11.5 Å². The quantitative estimate of drug-likeness (QED) is 0.457. The predicted molar refractivity (Wildman–Crippen MR) is 108 cm³/mol. The van der Waals surface area contributed by atoms with E-state index in [1.807, 2.05) is 19.1 Å². The number of nitrogens with zero attached hydrogens (tertiary/aromatic N) is 2. The highest BCUT2D eigenvalue weighted by atomic mass is 32.1. The molecule has 4 aromatic rings. The molecule has 0 saturated heterocycles. The van der Waals surface area contributed by atoms with E-state index in [0.717, 1.165) is 27.5 Å². The molecular formula is C21H19N3OS. The van der Waals surface area contributed by atoms with Gasteiger partial charge in [0, 0.05) is 16.1 Å². The lowest BCUT2D eigenvalue weighted by Gasteiger charge is -2.10. The summed E-state index contributed by atoms with van der Waals surface area (Å²) in [6, 6.07) is 15.5. The minimum absolute atomic E-state index is 0.242. The van der Waals surface area contributed by atoms with Crippen molar-refractivity contribution in [3.63, 3.8) is 0 Å². The monoisotopic (exact) mass is 361 g/mol. The zero-order chi connectivity index (χ0) is 18.3. The Kier molecular flexibility index (Phi) is 4.09. The van der Waals surface area contributed by atoms with Crippen molar-refractivity contribution in [3.8, 4) is 16.9 Å². The van der Waals surface area contributed by atoms with Crippen molar-refractivity contribution in [1.29, 1.82) is 0 Å². The van der Waals surface area contributed by atoms with Crippen molar-refractivity contribution < 1.29 is 5.11 Å². The SMILES string of the molecule is Cc1ccc(-c2c(C)sc3nc(C)nc(Nc4ccc(O)cc4)c23)cc1. The fourth-order valence-corrected chi connectivity index (χ4v) is 4.15. The summed E-state index contributed by atoms with van der Waals surface area (Å²) in [5, 5.41) is 13.9. The number of nitrogens with one attached hydrogen (secondary N) is 1. The molecule has 0 bridgehead atoms. The maximum Gasteiger partial charge on any atom is 0.143 e. The summed E-state index contributed by atoms with van der Waals surface area (Å²) < 4.78 is 0. The lowest BCUT2D eigenvalue weighted by atomic mass is 10.0. The van der Waals surface area contributed by atoms with Crippen LogP contribution in [0.3, 0.4) is 0 Å². The fraction of sp³-hybridized carbons (Fsp3) is 0.143. The van der Waals surface area contributed by atoms with Crippen LogP contribution < -0.4 is 5.32 Å². The fourth-order valence-electron chi connectivity index (χ4n) is 3.06. The van der Waals surface area contributed by atoms with Crippen molar-refractivity contribution >= 4 is 33.1 Å². The number of hydrogen-bond donors (Lipinski definition) is 2. The number of aryl methyl sites for hydroxylation is 3. The number of rotatable bonds is 3. The first-order valence-electron chi connectivity index (χ1n) is 8.42. The summed E-state index contributed by atoms with van der Waals surface area (Å²) >= 11 is 1.69. The van der Waals surface area contributed by atoms with Crippen LogP contribution in [0.2, 0.25) is 0 Å². The summed E-state index contributed by atoms with van der Waals surface area (Å²) in [5.74, 6) is 1.76. The average molecular weight is 361 g/mol. The molecule has 2 heterocycles. The van der Waals surface area contributed by atoms with Gasteiger partial charge in [-0.3, -0.25) is 0 Å². The molecule has 0 spiro atoms. The third kappa shape index (κ3) is 3.02. The molecule has 4 rings (SSSR count). The number of hydrogen-bond acceptors (Lipinski definition) is 5. The predicted octanol–water partition coefficient (Wildman–Crippen LogP) is 5.73. The van der Waals surface area contributed by atoms with Crippen LogP contribution in [0.5, 0.6) is 5.75 Å². The number of aromatic nitrogens is 2. The molecule has 2 aromatic heterocycles. The Morgan fingerprint density at radius 1 is 0.885 bits per heavy atom. The van der Waals surface area contributed by atoms with Gasteiger partial charge in [-0.05, 0) is 50.6 Å². The molecule has 4 nitrogen and oxygen atoms in total. The third-order valence-corrected chi connectivity index (χ3v) is 5.31. The molecule has 0 fully saturated rings. The van der Waals surface area contributed by atoms with E-state index in [0.29, 0.717) is 0 Å². The van der Waals surface area contributed by atoms with Crippen molar-refractivity contribution in [3.05, 3.63) is 64.8 Å². The number of fused-ring (bicyclic) bond motifs is 1. The van der Waals surface area contributed by atoms with E-state index in [4.69, 9.17) is 0 Å². The van der Waals surface area contributed by atoms with Gasteiger partial charge in [0.05, 0.1) is 5.39 Å². The lowest BCUT2D eigenvalue weighted by molar-refractivity contribution is 0.475. The molecule has 0 radical (unpaired) electrons. The second-order valence-corrected chi connectivity index (χ2v) is 7.57. The molecule has 2 aromatic carbocycles. The number of aromatic hydroxyl groups is 1. The van der Waals surface area contributed by atoms with E-state index in [1.165, 1.54) is 21.6 Å². The van der Waals surface area contributed by atoms with Crippen LogP contribution in [-0.2, 0) is 0 Å². The van der Waals surface area contributed by atoms with Crippen molar-refractivity contribution in [2.45, 2.75) is 20.8 Å². The Morgan fingerprint density at radius 3 is 2.27 bits per heavy atom. The molecule has 0 atom stereocenters. The smallest absolute Gasteiger partial charge is 0.143 e. The van der Waals surface area contributed by atoms with E-state index in [9.17, 15) is 5.11 Å². The summed E-state index contributed by atoms with van der Waals surface area (Å²) in [5.41, 5.74) is 4.45. The van der Waals surface area contributed by atoms with Gasteiger partial charge in [0.2, 0.25) is 0 Å². The minimum atomic E-state index is 0.242. The van der Waals surface area contributed by atoms with Gasteiger partial charge in [-0.1, -0.05) is 29.8 Å². The van der Waals surface area contributed by atoms with Crippen LogP contribution >= 0.6 is 11.3 Å². The summed E-state index contributed by atoms with van der Waals surface area (Å²) in [4.78, 5) is 11.5. The maximum atomic E-state index is 9.51. The van der Waals surface area contributed by atoms with Gasteiger partial charge in [0.1, 0.15) is 22.2 Å². The Hall–Kier alpha value is -2.92. The summed E-state index contributed by atoms with van der Waals surface area (Å²) in [6.07, 6.45) is 0. The van der Waals surface area contributed by atoms with Gasteiger partial charge >= 0.3 is 0 Å². The van der Waals surface area contributed by atoms with E-state index in [2.05, 4.69) is 53.4 Å². The van der Waals surface area contributed by atoms with Crippen LogP contribution in [0.25, 0.3) is 21.3 Å². The minimum Gasteiger partial charge on any atom is -0.508 e. The Morgan fingerprint density at radius 2 is 1.58 bits per heavy atom. The van der Waals surface area contributed by atoms with E-state index < -0.39 is 0 Å². The van der Waals surface area contributed by atoms with Gasteiger partial charge in [0.25, 0.3) is 0 Å². The number of benzene rings is 2. The molecular weight excluding hydrogens is 342 g/mol. The topological polar surface area (TPSA) is 58.0 Å². The number of thiophene rings is 1. The van der Waals surface area contributed by atoms with E-state index in [1.54, 1.807) is 23.5 Å². The zero-order valence-corrected chi connectivity index (χ0v) is 15.7. The molecule has 0 amide bonds. The number of phenolic OH excluding ortho intramolecular Hbond substituents is 1. The molecule has 5 heteroatoms. The van der Waals surface area contributed by atoms with Crippen molar-refractivity contribution in [2.24, 2.45) is 0 Å². The molecule has 0 aliphatic heterocycles. The van der Waals surface area contributed by atoms with Gasteiger partial charge in [-0.2, -0.15) is 0 Å². The zero-order valence-electron chi connectivity index (χ0n) is 14.9. The van der Waals surface area contributed by atoms with Gasteiger partial charge < -0.3 is 10.4 Å². The first-order chi connectivity index (χ1) is 12.5. The van der Waals surface area contributed by atoms with Gasteiger partial charge in [-0.25, -0.2) is 9.97 Å². The second kappa shape index (κ2) is 6.42.